The predicted octanol–water partition coefficient (Wildman–Crippen LogP) is 2.22. The highest BCUT2D eigenvalue weighted by molar-refractivity contribution is 5.99. The third kappa shape index (κ3) is 4.02. The maximum atomic E-state index is 13.1. The Hall–Kier alpha value is -3.66. The number of carbonyl (C=O) groups excluding carboxylic acids is 1. The molecule has 2 aromatic heterocycles. The molecule has 1 fully saturated rings. The van der Waals surface area contributed by atoms with Crippen LogP contribution in [0, 0.1) is 10.1 Å². The minimum absolute atomic E-state index is 0.00196. The zero-order valence-corrected chi connectivity index (χ0v) is 17.4. The lowest BCUT2D eigenvalue weighted by atomic mass is 10.1. The standard InChI is InChI=1S/C21H23N5O5/c1-30-18-11-16(17(26(28)29)12-19(18)31-2)21(27)24-9-7-23(8-10-24)14-15-13-22-20-5-3-4-6-25(15)20/h3-6,11-13H,7-10,14H2,1-2H3. The summed E-state index contributed by atoms with van der Waals surface area (Å²) in [6.07, 6.45) is 3.84. The van der Waals surface area contributed by atoms with Gasteiger partial charge in [-0.2, -0.15) is 0 Å². The van der Waals surface area contributed by atoms with E-state index in [1.165, 1.54) is 26.4 Å². The van der Waals surface area contributed by atoms with Crippen molar-refractivity contribution in [2.45, 2.75) is 6.54 Å². The van der Waals surface area contributed by atoms with E-state index in [0.29, 0.717) is 32.7 Å². The summed E-state index contributed by atoms with van der Waals surface area (Å²) in [5, 5.41) is 11.5. The molecule has 1 aromatic carbocycles. The number of nitro groups is 1. The van der Waals surface area contributed by atoms with Crippen LogP contribution in [0.1, 0.15) is 16.1 Å². The van der Waals surface area contributed by atoms with E-state index in [-0.39, 0.29) is 28.7 Å². The fourth-order valence-corrected chi connectivity index (χ4v) is 3.80. The molecule has 10 nitrogen and oxygen atoms in total. The number of amides is 1. The number of imidazole rings is 1. The quantitative estimate of drug-likeness (QED) is 0.441. The highest BCUT2D eigenvalue weighted by Gasteiger charge is 2.30. The third-order valence-electron chi connectivity index (χ3n) is 5.47. The summed E-state index contributed by atoms with van der Waals surface area (Å²) in [6.45, 7) is 2.98. The number of hydrogen-bond donors (Lipinski definition) is 0. The number of pyridine rings is 1. The number of piperazine rings is 1. The van der Waals surface area contributed by atoms with Gasteiger partial charge in [0.15, 0.2) is 11.5 Å². The average molecular weight is 425 g/mol. The highest BCUT2D eigenvalue weighted by atomic mass is 16.6. The van der Waals surface area contributed by atoms with E-state index >= 15 is 0 Å². The Morgan fingerprint density at radius 3 is 2.52 bits per heavy atom. The number of rotatable bonds is 6. The van der Waals surface area contributed by atoms with Crippen molar-refractivity contribution in [2.24, 2.45) is 0 Å². The molecule has 0 N–H and O–H groups in total. The van der Waals surface area contributed by atoms with Gasteiger partial charge in [-0.25, -0.2) is 4.98 Å². The van der Waals surface area contributed by atoms with Gasteiger partial charge in [0.05, 0.1) is 37.1 Å². The molecule has 0 radical (unpaired) electrons. The lowest BCUT2D eigenvalue weighted by Crippen LogP contribution is -2.48. The first-order valence-electron chi connectivity index (χ1n) is 9.85. The second-order valence-corrected chi connectivity index (χ2v) is 7.23. The lowest BCUT2D eigenvalue weighted by molar-refractivity contribution is -0.385. The summed E-state index contributed by atoms with van der Waals surface area (Å²) in [5.74, 6) is 0.105. The number of ether oxygens (including phenoxy) is 2. The number of nitro benzene ring substituents is 1. The van der Waals surface area contributed by atoms with E-state index in [9.17, 15) is 14.9 Å². The number of methoxy groups -OCH3 is 2. The molecular weight excluding hydrogens is 402 g/mol. The van der Waals surface area contributed by atoms with E-state index in [4.69, 9.17) is 9.47 Å². The van der Waals surface area contributed by atoms with E-state index in [2.05, 4.69) is 9.88 Å². The predicted molar refractivity (Wildman–Crippen MR) is 113 cm³/mol. The van der Waals surface area contributed by atoms with Crippen molar-refractivity contribution in [1.29, 1.82) is 0 Å². The Kier molecular flexibility index (Phi) is 5.72. The summed E-state index contributed by atoms with van der Waals surface area (Å²) in [6, 6.07) is 8.47. The van der Waals surface area contributed by atoms with E-state index in [1.54, 1.807) is 4.90 Å². The summed E-state index contributed by atoms with van der Waals surface area (Å²) in [7, 11) is 2.82. The van der Waals surface area contributed by atoms with Crippen molar-refractivity contribution in [3.8, 4) is 11.5 Å². The van der Waals surface area contributed by atoms with Crippen LogP contribution in [0.4, 0.5) is 5.69 Å². The largest absolute Gasteiger partial charge is 0.493 e. The van der Waals surface area contributed by atoms with E-state index in [1.807, 2.05) is 35.0 Å². The molecule has 1 amide bonds. The number of hydrogen-bond acceptors (Lipinski definition) is 7. The summed E-state index contributed by atoms with van der Waals surface area (Å²) in [5.41, 5.74) is 1.67. The second kappa shape index (κ2) is 8.60. The van der Waals surface area contributed by atoms with Gasteiger partial charge in [0.1, 0.15) is 11.2 Å². The van der Waals surface area contributed by atoms with Crippen LogP contribution in [0.3, 0.4) is 0 Å². The fourth-order valence-electron chi connectivity index (χ4n) is 3.80. The molecule has 3 heterocycles. The van der Waals surface area contributed by atoms with Gasteiger partial charge < -0.3 is 18.8 Å². The second-order valence-electron chi connectivity index (χ2n) is 7.23. The Labute approximate surface area is 178 Å². The minimum Gasteiger partial charge on any atom is -0.493 e. The summed E-state index contributed by atoms with van der Waals surface area (Å²) in [4.78, 5) is 32.3. The number of aromatic nitrogens is 2. The molecule has 1 aliphatic heterocycles. The number of nitrogens with zero attached hydrogens (tertiary/aromatic N) is 5. The number of benzene rings is 1. The van der Waals surface area contributed by atoms with Gasteiger partial charge in [-0.3, -0.25) is 19.8 Å². The lowest BCUT2D eigenvalue weighted by Gasteiger charge is -2.34. The molecule has 4 rings (SSSR count). The van der Waals surface area contributed by atoms with Crippen molar-refractivity contribution >= 4 is 17.2 Å². The third-order valence-corrected chi connectivity index (χ3v) is 5.47. The Morgan fingerprint density at radius 2 is 1.84 bits per heavy atom. The maximum absolute atomic E-state index is 13.1. The normalized spacial score (nSPS) is 14.6. The van der Waals surface area contributed by atoms with Gasteiger partial charge in [0, 0.05) is 45.0 Å². The average Bonchev–Trinajstić information content (AvgIpc) is 3.21. The smallest absolute Gasteiger partial charge is 0.286 e. The van der Waals surface area contributed by atoms with E-state index in [0.717, 1.165) is 11.3 Å². The van der Waals surface area contributed by atoms with Gasteiger partial charge in [0.2, 0.25) is 0 Å². The molecule has 31 heavy (non-hydrogen) atoms. The topological polar surface area (TPSA) is 102 Å². The Bertz CT molecular complexity index is 1120. The van der Waals surface area contributed by atoms with E-state index < -0.39 is 4.92 Å². The monoisotopic (exact) mass is 425 g/mol. The van der Waals surface area contributed by atoms with Gasteiger partial charge >= 0.3 is 0 Å². The molecular formula is C21H23N5O5. The molecule has 10 heteroatoms. The minimum atomic E-state index is -0.573. The van der Waals surface area contributed by atoms with Crippen LogP contribution in [0.5, 0.6) is 11.5 Å². The molecule has 0 atom stereocenters. The Balaban J connectivity index is 1.47. The van der Waals surface area contributed by atoms with Crippen molar-refractivity contribution in [2.75, 3.05) is 40.4 Å². The zero-order valence-electron chi connectivity index (χ0n) is 17.4. The summed E-state index contributed by atoms with van der Waals surface area (Å²) >= 11 is 0. The number of carbonyl (C=O) groups is 1. The number of fused-ring (bicyclic) bond motifs is 1. The van der Waals surface area contributed by atoms with Gasteiger partial charge in [-0.15, -0.1) is 0 Å². The van der Waals surface area contributed by atoms with Gasteiger partial charge in [0.25, 0.3) is 11.6 Å². The molecule has 0 aliphatic carbocycles. The molecule has 0 saturated carbocycles. The van der Waals surface area contributed by atoms with Crippen molar-refractivity contribution < 1.29 is 19.2 Å². The van der Waals surface area contributed by atoms with Gasteiger partial charge in [-0.05, 0) is 12.1 Å². The fraction of sp³-hybridized carbons (Fsp3) is 0.333. The highest BCUT2D eigenvalue weighted by Crippen LogP contribution is 2.35. The molecule has 0 unspecified atom stereocenters. The van der Waals surface area contributed by atoms with Crippen LogP contribution in [-0.2, 0) is 6.54 Å². The molecule has 162 valence electrons. The SMILES string of the molecule is COc1cc(C(=O)N2CCN(Cc3cnc4ccccn34)CC2)c([N+](=O)[O-])cc1OC. The molecule has 0 spiro atoms. The first-order valence-corrected chi connectivity index (χ1v) is 9.85. The van der Waals surface area contributed by atoms with Crippen LogP contribution in [-0.4, -0.2) is 70.4 Å². The Morgan fingerprint density at radius 1 is 1.13 bits per heavy atom. The molecule has 0 bridgehead atoms. The summed E-state index contributed by atoms with van der Waals surface area (Å²) < 4.78 is 12.4. The van der Waals surface area contributed by atoms with Crippen LogP contribution < -0.4 is 9.47 Å². The molecule has 3 aromatic rings. The van der Waals surface area contributed by atoms with Crippen molar-refractivity contribution in [1.82, 2.24) is 19.2 Å². The van der Waals surface area contributed by atoms with Gasteiger partial charge in [-0.1, -0.05) is 6.07 Å². The van der Waals surface area contributed by atoms with Crippen LogP contribution >= 0.6 is 0 Å². The maximum Gasteiger partial charge on any atom is 0.286 e. The van der Waals surface area contributed by atoms with Crippen molar-refractivity contribution in [3.63, 3.8) is 0 Å². The van der Waals surface area contributed by atoms with Crippen LogP contribution in [0.15, 0.2) is 42.7 Å². The zero-order chi connectivity index (χ0) is 22.0. The molecule has 1 aliphatic rings. The van der Waals surface area contributed by atoms with Crippen molar-refractivity contribution in [3.05, 3.63) is 64.1 Å². The molecule has 1 saturated heterocycles. The first kappa shape index (κ1) is 20.6. The first-order chi connectivity index (χ1) is 15.0. The van der Waals surface area contributed by atoms with Crippen LogP contribution in [0.25, 0.3) is 5.65 Å². The van der Waals surface area contributed by atoms with Crippen LogP contribution in [0.2, 0.25) is 0 Å².